The minimum Gasteiger partial charge on any atom is -0.368 e. The summed E-state index contributed by atoms with van der Waals surface area (Å²) in [5.41, 5.74) is 0.522. The van der Waals surface area contributed by atoms with E-state index in [4.69, 9.17) is 4.74 Å². The van der Waals surface area contributed by atoms with E-state index < -0.39 is 6.29 Å². The molecule has 3 nitrogen and oxygen atoms in total. The van der Waals surface area contributed by atoms with Gasteiger partial charge >= 0.3 is 0 Å². The third-order valence-corrected chi connectivity index (χ3v) is 3.37. The van der Waals surface area contributed by atoms with E-state index >= 15 is 0 Å². The second-order valence-electron chi connectivity index (χ2n) is 8.69. The maximum Gasteiger partial charge on any atom is 0.157 e. The molecule has 0 spiro atoms. The summed E-state index contributed by atoms with van der Waals surface area (Å²) in [5.74, 6) is 0.219. The van der Waals surface area contributed by atoms with Crippen LogP contribution in [0.3, 0.4) is 0 Å². The van der Waals surface area contributed by atoms with Gasteiger partial charge in [0.1, 0.15) is 0 Å². The third kappa shape index (κ3) is 11.7. The van der Waals surface area contributed by atoms with Crippen LogP contribution in [0.5, 0.6) is 0 Å². The van der Waals surface area contributed by atoms with E-state index in [2.05, 4.69) is 46.4 Å². The normalized spacial score (nSPS) is 16.5. The first-order valence-electron chi connectivity index (χ1n) is 7.85. The number of aliphatic hydroxyl groups excluding tert-OH is 1. The van der Waals surface area contributed by atoms with Gasteiger partial charge in [-0.2, -0.15) is 0 Å². The highest BCUT2D eigenvalue weighted by molar-refractivity contribution is 4.74. The predicted molar refractivity (Wildman–Crippen MR) is 86.8 cm³/mol. The van der Waals surface area contributed by atoms with Gasteiger partial charge in [0.05, 0.1) is 6.61 Å². The van der Waals surface area contributed by atoms with Crippen molar-refractivity contribution in [3.63, 3.8) is 0 Å². The van der Waals surface area contributed by atoms with Gasteiger partial charge < -0.3 is 14.7 Å². The molecule has 0 radical (unpaired) electrons. The lowest BCUT2D eigenvalue weighted by Gasteiger charge is -2.31. The Morgan fingerprint density at radius 2 is 1.55 bits per heavy atom. The summed E-state index contributed by atoms with van der Waals surface area (Å²) in [6.45, 7) is 14.9. The standard InChI is InChI=1S/C17H37NO2/c1-16(2,3)10-9-14(13-17(4,5)6)15(19)20-12-11-18(7)8/h14-15,19H,9-13H2,1-8H3. The quantitative estimate of drug-likeness (QED) is 0.690. The van der Waals surface area contributed by atoms with Crippen LogP contribution in [0.2, 0.25) is 0 Å². The number of rotatable bonds is 8. The molecule has 2 unspecified atom stereocenters. The van der Waals surface area contributed by atoms with Gasteiger partial charge in [0.2, 0.25) is 0 Å². The Morgan fingerprint density at radius 3 is 1.95 bits per heavy atom. The van der Waals surface area contributed by atoms with E-state index in [9.17, 15) is 5.11 Å². The first-order chi connectivity index (χ1) is 8.91. The van der Waals surface area contributed by atoms with Crippen LogP contribution in [0.25, 0.3) is 0 Å². The fourth-order valence-corrected chi connectivity index (χ4v) is 2.24. The average Bonchev–Trinajstić information content (AvgIpc) is 2.20. The zero-order chi connectivity index (χ0) is 16.0. The number of hydrogen-bond donors (Lipinski definition) is 1. The van der Waals surface area contributed by atoms with Crippen LogP contribution in [0.4, 0.5) is 0 Å². The summed E-state index contributed by atoms with van der Waals surface area (Å²) in [5, 5.41) is 10.3. The van der Waals surface area contributed by atoms with Crippen molar-refractivity contribution in [2.45, 2.75) is 67.1 Å². The molecule has 0 aromatic heterocycles. The Morgan fingerprint density at radius 1 is 1.00 bits per heavy atom. The molecular weight excluding hydrogens is 250 g/mol. The summed E-state index contributed by atoms with van der Waals surface area (Å²) < 4.78 is 5.64. The number of aliphatic hydroxyl groups is 1. The van der Waals surface area contributed by atoms with Crippen molar-refractivity contribution in [2.24, 2.45) is 16.7 Å². The van der Waals surface area contributed by atoms with Gasteiger partial charge in [-0.05, 0) is 44.2 Å². The molecule has 0 aliphatic rings. The second-order valence-corrected chi connectivity index (χ2v) is 8.69. The van der Waals surface area contributed by atoms with Crippen LogP contribution in [0.15, 0.2) is 0 Å². The van der Waals surface area contributed by atoms with E-state index in [0.29, 0.717) is 12.0 Å². The van der Waals surface area contributed by atoms with Gasteiger partial charge in [-0.25, -0.2) is 0 Å². The average molecular weight is 287 g/mol. The number of likely N-dealkylation sites (N-methyl/N-ethyl adjacent to an activating group) is 1. The lowest BCUT2D eigenvalue weighted by molar-refractivity contribution is -0.145. The number of ether oxygens (including phenoxy) is 1. The highest BCUT2D eigenvalue weighted by Gasteiger charge is 2.27. The minimum atomic E-state index is -0.642. The molecular formula is C17H37NO2. The summed E-state index contributed by atoms with van der Waals surface area (Å²) >= 11 is 0. The molecule has 20 heavy (non-hydrogen) atoms. The maximum absolute atomic E-state index is 10.3. The molecule has 0 saturated carbocycles. The number of hydrogen-bond acceptors (Lipinski definition) is 3. The topological polar surface area (TPSA) is 32.7 Å². The van der Waals surface area contributed by atoms with E-state index in [1.165, 1.54) is 0 Å². The minimum absolute atomic E-state index is 0.217. The summed E-state index contributed by atoms with van der Waals surface area (Å²) in [7, 11) is 4.03. The molecule has 122 valence electrons. The largest absolute Gasteiger partial charge is 0.368 e. The van der Waals surface area contributed by atoms with Gasteiger partial charge in [-0.1, -0.05) is 41.5 Å². The molecule has 0 saturated heterocycles. The molecule has 0 aromatic carbocycles. The van der Waals surface area contributed by atoms with Crippen molar-refractivity contribution in [3.8, 4) is 0 Å². The molecule has 0 aliphatic heterocycles. The Kier molecular flexibility index (Phi) is 8.30. The van der Waals surface area contributed by atoms with Gasteiger partial charge in [-0.15, -0.1) is 0 Å². The zero-order valence-corrected chi connectivity index (χ0v) is 15.0. The first kappa shape index (κ1) is 19.9. The first-order valence-corrected chi connectivity index (χ1v) is 7.85. The lowest BCUT2D eigenvalue weighted by Crippen LogP contribution is -2.31. The second kappa shape index (κ2) is 8.35. The molecule has 0 aliphatic carbocycles. The molecule has 0 aromatic rings. The summed E-state index contributed by atoms with van der Waals surface area (Å²) in [6, 6.07) is 0. The van der Waals surface area contributed by atoms with Gasteiger partial charge in [0.15, 0.2) is 6.29 Å². The monoisotopic (exact) mass is 287 g/mol. The van der Waals surface area contributed by atoms with Crippen LogP contribution >= 0.6 is 0 Å². The van der Waals surface area contributed by atoms with E-state index in [1.54, 1.807) is 0 Å². The predicted octanol–water partition coefficient (Wildman–Crippen LogP) is 3.76. The molecule has 0 heterocycles. The van der Waals surface area contributed by atoms with E-state index in [1.807, 2.05) is 14.1 Å². The molecule has 3 heteroatoms. The van der Waals surface area contributed by atoms with Crippen LogP contribution in [-0.2, 0) is 4.74 Å². The molecule has 0 amide bonds. The van der Waals surface area contributed by atoms with Crippen LogP contribution in [0.1, 0.15) is 60.8 Å². The van der Waals surface area contributed by atoms with E-state index in [0.717, 1.165) is 25.8 Å². The molecule has 0 rings (SSSR count). The van der Waals surface area contributed by atoms with Crippen molar-refractivity contribution in [1.82, 2.24) is 4.90 Å². The van der Waals surface area contributed by atoms with Crippen molar-refractivity contribution in [3.05, 3.63) is 0 Å². The lowest BCUT2D eigenvalue weighted by atomic mass is 9.79. The van der Waals surface area contributed by atoms with Gasteiger partial charge in [0, 0.05) is 12.5 Å². The smallest absolute Gasteiger partial charge is 0.157 e. The maximum atomic E-state index is 10.3. The number of nitrogens with zero attached hydrogens (tertiary/aromatic N) is 1. The van der Waals surface area contributed by atoms with Crippen LogP contribution < -0.4 is 0 Å². The SMILES string of the molecule is CN(C)CCOC(O)C(CCC(C)(C)C)CC(C)(C)C. The van der Waals surface area contributed by atoms with Crippen molar-refractivity contribution in [1.29, 1.82) is 0 Å². The van der Waals surface area contributed by atoms with Gasteiger partial charge in [-0.3, -0.25) is 0 Å². The highest BCUT2D eigenvalue weighted by atomic mass is 16.6. The third-order valence-electron chi connectivity index (χ3n) is 3.37. The van der Waals surface area contributed by atoms with Gasteiger partial charge in [0.25, 0.3) is 0 Å². The van der Waals surface area contributed by atoms with Crippen molar-refractivity contribution >= 4 is 0 Å². The summed E-state index contributed by atoms with van der Waals surface area (Å²) in [4.78, 5) is 2.07. The van der Waals surface area contributed by atoms with Crippen LogP contribution in [0, 0.1) is 16.7 Å². The molecule has 1 N–H and O–H groups in total. The summed E-state index contributed by atoms with van der Waals surface area (Å²) in [6.07, 6.45) is 2.48. The fraction of sp³-hybridized carbons (Fsp3) is 1.00. The highest BCUT2D eigenvalue weighted by Crippen LogP contribution is 2.33. The molecule has 2 atom stereocenters. The Hall–Kier alpha value is -0.120. The van der Waals surface area contributed by atoms with Crippen LogP contribution in [-0.4, -0.2) is 43.5 Å². The van der Waals surface area contributed by atoms with Crippen molar-refractivity contribution < 1.29 is 9.84 Å². The molecule has 0 fully saturated rings. The van der Waals surface area contributed by atoms with Crippen molar-refractivity contribution in [2.75, 3.05) is 27.2 Å². The Bertz CT molecular complexity index is 251. The Labute approximate surface area is 126 Å². The zero-order valence-electron chi connectivity index (χ0n) is 15.0. The fourth-order valence-electron chi connectivity index (χ4n) is 2.24. The Balaban J connectivity index is 4.42. The van der Waals surface area contributed by atoms with E-state index in [-0.39, 0.29) is 11.3 Å². The molecule has 0 bridgehead atoms.